The van der Waals surface area contributed by atoms with Crippen molar-refractivity contribution in [1.29, 1.82) is 0 Å². The lowest BCUT2D eigenvalue weighted by atomic mass is 10.5. The molecule has 3 N–H and O–H groups in total. The normalized spacial score (nSPS) is 7.47. The summed E-state index contributed by atoms with van der Waals surface area (Å²) in [6, 6.07) is 0. The second-order valence-electron chi connectivity index (χ2n) is 2.01. The molecular weight excluding hydrogens is 228 g/mol. The first kappa shape index (κ1) is 19.4. The number of carboxylic acid groups (broad SMARTS) is 2. The van der Waals surface area contributed by atoms with E-state index in [0.717, 1.165) is 0 Å². The Morgan fingerprint density at radius 1 is 1.00 bits per heavy atom. The van der Waals surface area contributed by atoms with Gasteiger partial charge in [0.2, 0.25) is 5.24 Å². The number of aliphatic carboxylic acids is 2. The molecule has 0 atom stereocenters. The fourth-order valence-corrected chi connectivity index (χ4v) is 0. The molecule has 7 heteroatoms. The van der Waals surface area contributed by atoms with Gasteiger partial charge in [-0.15, -0.1) is 0 Å². The summed E-state index contributed by atoms with van der Waals surface area (Å²) >= 11 is 4.82. The number of carboxylic acids is 2. The van der Waals surface area contributed by atoms with E-state index < -0.39 is 18.5 Å². The molecule has 0 aliphatic carbocycles. The van der Waals surface area contributed by atoms with Crippen LogP contribution in [0.3, 0.4) is 0 Å². The SMILES string of the molecule is CCC(=O)Cl.CCC(=O)O.O=C(O)CO. The average molecular weight is 243 g/mol. The molecule has 15 heavy (non-hydrogen) atoms. The third-order valence-electron chi connectivity index (χ3n) is 0.716. The summed E-state index contributed by atoms with van der Waals surface area (Å²) in [7, 11) is 0. The van der Waals surface area contributed by atoms with E-state index in [9.17, 15) is 9.59 Å². The van der Waals surface area contributed by atoms with Crippen LogP contribution in [0.1, 0.15) is 26.7 Å². The molecule has 0 radical (unpaired) electrons. The van der Waals surface area contributed by atoms with Crippen LogP contribution in [0.15, 0.2) is 0 Å². The summed E-state index contributed by atoms with van der Waals surface area (Å²) in [4.78, 5) is 28.1. The standard InChI is InChI=1S/C3H5ClO.C3H6O2.C2H4O3/c2*1-2-3(4)5;3-1-2(4)5/h2H2,1H3;2H2,1H3,(H,4,5);3H,1H2,(H,4,5). The Morgan fingerprint density at radius 3 is 1.20 bits per heavy atom. The maximum Gasteiger partial charge on any atom is 0.329 e. The smallest absolute Gasteiger partial charge is 0.329 e. The Labute approximate surface area is 92.5 Å². The van der Waals surface area contributed by atoms with E-state index in [1.165, 1.54) is 0 Å². The van der Waals surface area contributed by atoms with E-state index in [0.29, 0.717) is 6.42 Å². The molecule has 0 spiro atoms. The first-order valence-corrected chi connectivity index (χ1v) is 4.42. The molecule has 0 bridgehead atoms. The summed E-state index contributed by atoms with van der Waals surface area (Å²) in [5, 5.41) is 22.5. The van der Waals surface area contributed by atoms with Crippen LogP contribution in [-0.2, 0) is 14.4 Å². The minimum atomic E-state index is -1.19. The van der Waals surface area contributed by atoms with Crippen molar-refractivity contribution in [2.24, 2.45) is 0 Å². The maximum absolute atomic E-state index is 9.58. The van der Waals surface area contributed by atoms with Crippen LogP contribution in [0, 0.1) is 0 Å². The molecule has 0 aliphatic heterocycles. The zero-order chi connectivity index (χ0) is 12.9. The number of hydrogen-bond acceptors (Lipinski definition) is 4. The Morgan fingerprint density at radius 2 is 1.20 bits per heavy atom. The van der Waals surface area contributed by atoms with Crippen LogP contribution in [0.2, 0.25) is 0 Å². The maximum atomic E-state index is 9.58. The Bertz CT molecular complexity index is 158. The molecule has 90 valence electrons. The molecule has 0 aromatic rings. The summed E-state index contributed by atoms with van der Waals surface area (Å²) < 4.78 is 0. The lowest BCUT2D eigenvalue weighted by molar-refractivity contribution is -0.140. The van der Waals surface area contributed by atoms with E-state index in [1.807, 2.05) is 0 Å². The minimum Gasteiger partial charge on any atom is -0.481 e. The second-order valence-corrected chi connectivity index (χ2v) is 2.43. The first-order chi connectivity index (χ1) is 6.81. The van der Waals surface area contributed by atoms with E-state index in [4.69, 9.17) is 31.7 Å². The number of hydrogen-bond donors (Lipinski definition) is 3. The van der Waals surface area contributed by atoms with Crippen molar-refractivity contribution in [3.63, 3.8) is 0 Å². The van der Waals surface area contributed by atoms with Gasteiger partial charge in [0, 0.05) is 12.8 Å². The highest BCUT2D eigenvalue weighted by Crippen LogP contribution is 1.81. The highest BCUT2D eigenvalue weighted by atomic mass is 35.5. The van der Waals surface area contributed by atoms with E-state index in [2.05, 4.69) is 0 Å². The predicted molar refractivity (Wildman–Crippen MR) is 53.8 cm³/mol. The van der Waals surface area contributed by atoms with Crippen molar-refractivity contribution >= 4 is 28.8 Å². The van der Waals surface area contributed by atoms with Crippen molar-refractivity contribution in [2.45, 2.75) is 26.7 Å². The number of carbonyl (C=O) groups excluding carboxylic acids is 1. The van der Waals surface area contributed by atoms with Crippen LogP contribution in [-0.4, -0.2) is 39.1 Å². The third-order valence-corrected chi connectivity index (χ3v) is 0.983. The topological polar surface area (TPSA) is 112 Å². The summed E-state index contributed by atoms with van der Waals surface area (Å²) in [5.41, 5.74) is 0. The van der Waals surface area contributed by atoms with Gasteiger partial charge in [-0.1, -0.05) is 13.8 Å². The van der Waals surface area contributed by atoms with Crippen molar-refractivity contribution in [2.75, 3.05) is 6.61 Å². The molecule has 0 heterocycles. The van der Waals surface area contributed by atoms with E-state index in [1.54, 1.807) is 13.8 Å². The van der Waals surface area contributed by atoms with E-state index >= 15 is 0 Å². The van der Waals surface area contributed by atoms with Crippen molar-refractivity contribution in [3.8, 4) is 0 Å². The van der Waals surface area contributed by atoms with Crippen molar-refractivity contribution in [3.05, 3.63) is 0 Å². The van der Waals surface area contributed by atoms with Gasteiger partial charge in [-0.25, -0.2) is 4.79 Å². The monoisotopic (exact) mass is 242 g/mol. The Kier molecular flexibility index (Phi) is 19.9. The fraction of sp³-hybridized carbons (Fsp3) is 0.625. The molecule has 0 fully saturated rings. The molecule has 0 aliphatic rings. The molecule has 0 rings (SSSR count). The van der Waals surface area contributed by atoms with Gasteiger partial charge in [0.25, 0.3) is 0 Å². The zero-order valence-corrected chi connectivity index (χ0v) is 9.32. The number of aliphatic hydroxyl groups excluding tert-OH is 1. The molecule has 0 saturated carbocycles. The molecule has 6 nitrogen and oxygen atoms in total. The number of halogens is 1. The summed E-state index contributed by atoms with van der Waals surface area (Å²) in [6.45, 7) is 2.54. The van der Waals surface area contributed by atoms with Crippen molar-refractivity contribution < 1.29 is 29.7 Å². The van der Waals surface area contributed by atoms with Crippen LogP contribution in [0.4, 0.5) is 0 Å². The number of carbonyl (C=O) groups is 3. The zero-order valence-electron chi connectivity index (χ0n) is 8.57. The van der Waals surface area contributed by atoms with Gasteiger partial charge in [0.15, 0.2) is 0 Å². The predicted octanol–water partition coefficient (Wildman–Crippen LogP) is 0.706. The largest absolute Gasteiger partial charge is 0.481 e. The van der Waals surface area contributed by atoms with Crippen LogP contribution >= 0.6 is 11.6 Å². The highest BCUT2D eigenvalue weighted by molar-refractivity contribution is 6.63. The number of aliphatic hydroxyl groups is 1. The van der Waals surface area contributed by atoms with Gasteiger partial charge in [0.1, 0.15) is 6.61 Å². The van der Waals surface area contributed by atoms with Gasteiger partial charge >= 0.3 is 11.9 Å². The van der Waals surface area contributed by atoms with Crippen molar-refractivity contribution in [1.82, 2.24) is 0 Å². The quantitative estimate of drug-likeness (QED) is 0.628. The van der Waals surface area contributed by atoms with Crippen LogP contribution < -0.4 is 0 Å². The molecular formula is C8H15ClO6. The average Bonchev–Trinajstić information content (AvgIpc) is 2.19. The van der Waals surface area contributed by atoms with Crippen LogP contribution in [0.25, 0.3) is 0 Å². The highest BCUT2D eigenvalue weighted by Gasteiger charge is 1.82. The molecule has 0 amide bonds. The number of rotatable bonds is 3. The molecule has 0 unspecified atom stereocenters. The molecule has 0 saturated heterocycles. The molecule has 0 aromatic heterocycles. The third kappa shape index (κ3) is 64.2. The minimum absolute atomic E-state index is 0.222. The van der Waals surface area contributed by atoms with E-state index in [-0.39, 0.29) is 11.7 Å². The van der Waals surface area contributed by atoms with Gasteiger partial charge in [-0.05, 0) is 11.6 Å². The van der Waals surface area contributed by atoms with Gasteiger partial charge in [-0.3, -0.25) is 9.59 Å². The summed E-state index contributed by atoms with van der Waals surface area (Å²) in [5.74, 6) is -1.94. The Hall–Kier alpha value is -1.14. The summed E-state index contributed by atoms with van der Waals surface area (Å²) in [6.07, 6.45) is 0.654. The lowest BCUT2D eigenvalue weighted by Gasteiger charge is -1.72. The fourth-order valence-electron chi connectivity index (χ4n) is 0. The lowest BCUT2D eigenvalue weighted by Crippen LogP contribution is -1.98. The van der Waals surface area contributed by atoms with Gasteiger partial charge in [-0.2, -0.15) is 0 Å². The van der Waals surface area contributed by atoms with Crippen LogP contribution in [0.5, 0.6) is 0 Å². The van der Waals surface area contributed by atoms with Gasteiger partial charge < -0.3 is 15.3 Å². The first-order valence-electron chi connectivity index (χ1n) is 4.04. The molecule has 0 aromatic carbocycles. The van der Waals surface area contributed by atoms with Gasteiger partial charge in [0.05, 0.1) is 0 Å². The Balaban J connectivity index is -0.000000144. The second kappa shape index (κ2) is 15.3.